The van der Waals surface area contributed by atoms with Crippen molar-refractivity contribution in [3.05, 3.63) is 51.8 Å². The Morgan fingerprint density at radius 1 is 1.37 bits per heavy atom. The van der Waals surface area contributed by atoms with E-state index in [4.69, 9.17) is 9.15 Å². The number of likely N-dealkylation sites (N-methyl/N-ethyl adjacent to an activating group) is 1. The highest BCUT2D eigenvalue weighted by molar-refractivity contribution is 5.98. The van der Waals surface area contributed by atoms with Gasteiger partial charge in [-0.15, -0.1) is 0 Å². The molecule has 0 saturated heterocycles. The number of rotatable bonds is 5. The van der Waals surface area contributed by atoms with E-state index >= 15 is 0 Å². The summed E-state index contributed by atoms with van der Waals surface area (Å²) in [6.45, 7) is 7.10. The fraction of sp³-hybridized carbons (Fsp3) is 0.500. The second-order valence-corrected chi connectivity index (χ2v) is 6.82. The van der Waals surface area contributed by atoms with Crippen LogP contribution in [0, 0.1) is 0 Å². The summed E-state index contributed by atoms with van der Waals surface area (Å²) in [5, 5.41) is 0. The Hall–Kier alpha value is -2.54. The quantitative estimate of drug-likeness (QED) is 0.803. The predicted octanol–water partition coefficient (Wildman–Crippen LogP) is 2.16. The van der Waals surface area contributed by atoms with Crippen molar-refractivity contribution in [2.75, 3.05) is 33.8 Å². The van der Waals surface area contributed by atoms with Crippen molar-refractivity contribution in [1.29, 1.82) is 0 Å². The lowest BCUT2D eigenvalue weighted by Gasteiger charge is -2.26. The third-order valence-electron chi connectivity index (χ3n) is 5.42. The zero-order valence-corrected chi connectivity index (χ0v) is 16.4. The van der Waals surface area contributed by atoms with Gasteiger partial charge in [0.25, 0.3) is 11.5 Å². The topological polar surface area (TPSA) is 67.9 Å². The molecule has 1 aliphatic rings. The van der Waals surface area contributed by atoms with Crippen molar-refractivity contribution in [1.82, 2.24) is 14.4 Å². The summed E-state index contributed by atoms with van der Waals surface area (Å²) >= 11 is 0. The first-order chi connectivity index (χ1) is 13.0. The average molecular weight is 373 g/mol. The Balaban J connectivity index is 2.04. The number of ether oxygens (including phenoxy) is 1. The van der Waals surface area contributed by atoms with Crippen molar-refractivity contribution in [3.63, 3.8) is 0 Å². The molecule has 27 heavy (non-hydrogen) atoms. The molecule has 0 saturated carbocycles. The number of fused-ring (bicyclic) bond motifs is 1. The van der Waals surface area contributed by atoms with Crippen LogP contribution in [-0.4, -0.2) is 54.1 Å². The number of pyridine rings is 1. The summed E-state index contributed by atoms with van der Waals surface area (Å²) in [7, 11) is 3.24. The second-order valence-electron chi connectivity index (χ2n) is 6.82. The van der Waals surface area contributed by atoms with Crippen molar-refractivity contribution >= 4 is 5.91 Å². The summed E-state index contributed by atoms with van der Waals surface area (Å²) in [4.78, 5) is 29.9. The van der Waals surface area contributed by atoms with Gasteiger partial charge in [0, 0.05) is 44.9 Å². The highest BCUT2D eigenvalue weighted by Gasteiger charge is 2.29. The highest BCUT2D eigenvalue weighted by atomic mass is 16.5. The van der Waals surface area contributed by atoms with E-state index in [1.807, 2.05) is 13.0 Å². The molecule has 7 nitrogen and oxygen atoms in total. The maximum absolute atomic E-state index is 13.4. The van der Waals surface area contributed by atoms with Gasteiger partial charge in [-0.25, -0.2) is 0 Å². The molecule has 0 N–H and O–H groups in total. The second kappa shape index (κ2) is 8.00. The minimum absolute atomic E-state index is 0.127. The first-order valence-electron chi connectivity index (χ1n) is 9.31. The first-order valence-corrected chi connectivity index (χ1v) is 9.31. The summed E-state index contributed by atoms with van der Waals surface area (Å²) in [5.74, 6) is 0.866. The number of amides is 1. The van der Waals surface area contributed by atoms with Gasteiger partial charge in [-0.2, -0.15) is 0 Å². The van der Waals surface area contributed by atoms with Crippen molar-refractivity contribution in [2.45, 2.75) is 32.9 Å². The molecule has 1 unspecified atom stereocenters. The van der Waals surface area contributed by atoms with Crippen LogP contribution in [0.4, 0.5) is 0 Å². The fourth-order valence-corrected chi connectivity index (χ4v) is 3.57. The molecular formula is C20H27N3O4. The van der Waals surface area contributed by atoms with Gasteiger partial charge in [0.2, 0.25) is 0 Å². The average Bonchev–Trinajstić information content (AvgIpc) is 3.13. The van der Waals surface area contributed by atoms with E-state index in [9.17, 15) is 9.59 Å². The summed E-state index contributed by atoms with van der Waals surface area (Å²) in [5.41, 5.74) is 1.09. The molecule has 1 aliphatic heterocycles. The Bertz CT molecular complexity index is 857. The summed E-state index contributed by atoms with van der Waals surface area (Å²) < 4.78 is 12.6. The normalized spacial score (nSPS) is 15.7. The maximum Gasteiger partial charge on any atom is 0.259 e. The molecule has 0 fully saturated rings. The van der Waals surface area contributed by atoms with Gasteiger partial charge < -0.3 is 23.5 Å². The molecule has 2 aromatic rings. The zero-order chi connectivity index (χ0) is 19.6. The van der Waals surface area contributed by atoms with Gasteiger partial charge in [-0.1, -0.05) is 6.92 Å². The number of nitrogens with zero attached hydrogens (tertiary/aromatic N) is 3. The lowest BCUT2D eigenvalue weighted by Crippen LogP contribution is -2.34. The van der Waals surface area contributed by atoms with E-state index in [-0.39, 0.29) is 17.5 Å². The van der Waals surface area contributed by atoms with Crippen LogP contribution >= 0.6 is 0 Å². The molecule has 0 aliphatic carbocycles. The Labute approximate surface area is 159 Å². The molecular weight excluding hydrogens is 346 g/mol. The fourth-order valence-electron chi connectivity index (χ4n) is 3.57. The Morgan fingerprint density at radius 2 is 2.15 bits per heavy atom. The molecule has 0 radical (unpaired) electrons. The van der Waals surface area contributed by atoms with Gasteiger partial charge in [0.1, 0.15) is 17.1 Å². The van der Waals surface area contributed by atoms with E-state index in [0.29, 0.717) is 30.0 Å². The van der Waals surface area contributed by atoms with Crippen molar-refractivity contribution in [2.24, 2.45) is 0 Å². The van der Waals surface area contributed by atoms with Gasteiger partial charge >= 0.3 is 0 Å². The highest BCUT2D eigenvalue weighted by Crippen LogP contribution is 2.28. The molecule has 0 aromatic carbocycles. The van der Waals surface area contributed by atoms with E-state index in [1.54, 1.807) is 28.8 Å². The van der Waals surface area contributed by atoms with E-state index in [1.165, 1.54) is 13.2 Å². The van der Waals surface area contributed by atoms with E-state index in [0.717, 1.165) is 25.3 Å². The van der Waals surface area contributed by atoms with E-state index in [2.05, 4.69) is 11.8 Å². The molecule has 7 heteroatoms. The van der Waals surface area contributed by atoms with Crippen LogP contribution in [0.2, 0.25) is 0 Å². The van der Waals surface area contributed by atoms with Crippen LogP contribution < -0.4 is 10.3 Å². The largest absolute Gasteiger partial charge is 0.496 e. The monoisotopic (exact) mass is 373 g/mol. The first kappa shape index (κ1) is 19.2. The van der Waals surface area contributed by atoms with Crippen LogP contribution in [0.1, 0.15) is 41.7 Å². The number of methoxy groups -OCH3 is 1. The Morgan fingerprint density at radius 3 is 2.78 bits per heavy atom. The number of carbonyl (C=O) groups is 1. The zero-order valence-electron chi connectivity index (χ0n) is 16.4. The number of furan rings is 1. The Kier molecular flexibility index (Phi) is 5.70. The van der Waals surface area contributed by atoms with Crippen molar-refractivity contribution < 1.29 is 13.9 Å². The van der Waals surface area contributed by atoms with Gasteiger partial charge in [0.15, 0.2) is 0 Å². The van der Waals surface area contributed by atoms with Crippen LogP contribution in [0.5, 0.6) is 5.75 Å². The van der Waals surface area contributed by atoms with Crippen LogP contribution in [0.3, 0.4) is 0 Å². The van der Waals surface area contributed by atoms with Gasteiger partial charge in [-0.05, 0) is 25.6 Å². The van der Waals surface area contributed by atoms with Crippen molar-refractivity contribution in [3.8, 4) is 5.75 Å². The molecule has 1 atom stereocenters. The number of hydrogen-bond acceptors (Lipinski definition) is 5. The smallest absolute Gasteiger partial charge is 0.259 e. The molecule has 2 aromatic heterocycles. The number of carbonyl (C=O) groups excluding carboxylic acids is 1. The van der Waals surface area contributed by atoms with Gasteiger partial charge in [-0.3, -0.25) is 9.59 Å². The summed E-state index contributed by atoms with van der Waals surface area (Å²) in [6.07, 6.45) is 2.22. The molecule has 3 rings (SSSR count). The summed E-state index contributed by atoms with van der Waals surface area (Å²) in [6, 6.07) is 4.84. The molecule has 146 valence electrons. The molecule has 0 bridgehead atoms. The SMILES string of the molecule is CCN1CCc2c(C(=O)N(C)C(C)c3ccco3)c(OC)cc(=O)n2CC1. The molecule has 3 heterocycles. The molecule has 0 spiro atoms. The third kappa shape index (κ3) is 3.64. The molecule has 1 amide bonds. The minimum Gasteiger partial charge on any atom is -0.496 e. The van der Waals surface area contributed by atoms with Crippen LogP contribution in [0.25, 0.3) is 0 Å². The number of aromatic nitrogens is 1. The van der Waals surface area contributed by atoms with Crippen LogP contribution in [0.15, 0.2) is 33.7 Å². The lowest BCUT2D eigenvalue weighted by molar-refractivity contribution is 0.0720. The lowest BCUT2D eigenvalue weighted by atomic mass is 10.1. The predicted molar refractivity (Wildman–Crippen MR) is 102 cm³/mol. The minimum atomic E-state index is -0.234. The van der Waals surface area contributed by atoms with Crippen LogP contribution in [-0.2, 0) is 13.0 Å². The maximum atomic E-state index is 13.4. The number of hydrogen-bond donors (Lipinski definition) is 0. The standard InChI is InChI=1S/C20H27N3O4/c1-5-22-9-8-15-19(17(26-4)13-18(24)23(15)11-10-22)20(25)21(3)14(2)16-7-6-12-27-16/h6-7,12-14H,5,8-11H2,1-4H3. The third-order valence-corrected chi connectivity index (χ3v) is 5.42. The van der Waals surface area contributed by atoms with Gasteiger partial charge in [0.05, 0.1) is 19.4 Å². The van der Waals surface area contributed by atoms with E-state index < -0.39 is 0 Å².